The molecule has 0 bridgehead atoms. The molecule has 0 saturated heterocycles. The summed E-state index contributed by atoms with van der Waals surface area (Å²) in [5, 5.41) is 0. The van der Waals surface area contributed by atoms with Crippen molar-refractivity contribution in [1.82, 2.24) is 0 Å². The summed E-state index contributed by atoms with van der Waals surface area (Å²) in [7, 11) is 3.35. The zero-order chi connectivity index (χ0) is 11.4. The molecule has 90 valence electrons. The van der Waals surface area contributed by atoms with Gasteiger partial charge in [-0.1, -0.05) is 44.8 Å². The molecule has 2 nitrogen and oxygen atoms in total. The summed E-state index contributed by atoms with van der Waals surface area (Å²) in [6.45, 7) is 2.25. The molecular formula is C13H26O2. The van der Waals surface area contributed by atoms with Crippen LogP contribution in [0.5, 0.6) is 0 Å². The third-order valence-corrected chi connectivity index (χ3v) is 2.50. The minimum Gasteiger partial charge on any atom is -0.356 e. The van der Waals surface area contributed by atoms with Crippen molar-refractivity contribution in [2.75, 3.05) is 14.2 Å². The lowest BCUT2D eigenvalue weighted by atomic mass is 10.1. The van der Waals surface area contributed by atoms with Crippen molar-refractivity contribution in [1.29, 1.82) is 0 Å². The van der Waals surface area contributed by atoms with Gasteiger partial charge in [0.15, 0.2) is 6.29 Å². The van der Waals surface area contributed by atoms with Crippen LogP contribution in [-0.4, -0.2) is 20.5 Å². The van der Waals surface area contributed by atoms with Crippen molar-refractivity contribution in [2.24, 2.45) is 0 Å². The number of rotatable bonds is 10. The van der Waals surface area contributed by atoms with E-state index in [1.807, 2.05) is 0 Å². The van der Waals surface area contributed by atoms with Crippen LogP contribution in [0.15, 0.2) is 12.2 Å². The maximum atomic E-state index is 5.09. The van der Waals surface area contributed by atoms with Gasteiger partial charge >= 0.3 is 0 Å². The molecule has 0 spiro atoms. The van der Waals surface area contributed by atoms with E-state index in [2.05, 4.69) is 19.1 Å². The standard InChI is InChI=1S/C13H26O2/c1-4-5-6-7-8-9-10-11-12-13(14-2)15-3/h10-11,13H,4-9,12H2,1-3H3/b11-10+. The summed E-state index contributed by atoms with van der Waals surface area (Å²) in [6, 6.07) is 0. The van der Waals surface area contributed by atoms with Gasteiger partial charge in [0.1, 0.15) is 0 Å². The van der Waals surface area contributed by atoms with E-state index in [0.717, 1.165) is 6.42 Å². The molecule has 0 atom stereocenters. The highest BCUT2D eigenvalue weighted by atomic mass is 16.7. The number of methoxy groups -OCH3 is 2. The maximum absolute atomic E-state index is 5.09. The fraction of sp³-hybridized carbons (Fsp3) is 0.846. The minimum absolute atomic E-state index is 0.0821. The van der Waals surface area contributed by atoms with Crippen LogP contribution < -0.4 is 0 Å². The highest BCUT2D eigenvalue weighted by Gasteiger charge is 1.99. The Balaban J connectivity index is 3.23. The quantitative estimate of drug-likeness (QED) is 0.312. The van der Waals surface area contributed by atoms with Crippen molar-refractivity contribution in [2.45, 2.75) is 58.2 Å². The molecule has 0 N–H and O–H groups in total. The van der Waals surface area contributed by atoms with Gasteiger partial charge in [0, 0.05) is 20.6 Å². The smallest absolute Gasteiger partial charge is 0.160 e. The van der Waals surface area contributed by atoms with Crippen LogP contribution in [-0.2, 0) is 9.47 Å². The Morgan fingerprint density at radius 3 is 2.20 bits per heavy atom. The summed E-state index contributed by atoms with van der Waals surface area (Å²) in [5.74, 6) is 0. The van der Waals surface area contributed by atoms with E-state index in [-0.39, 0.29) is 6.29 Å². The Kier molecular flexibility index (Phi) is 11.5. The highest BCUT2D eigenvalue weighted by molar-refractivity contribution is 4.82. The molecule has 0 amide bonds. The molecule has 0 heterocycles. The first-order valence-electron chi connectivity index (χ1n) is 6.05. The molecule has 0 aromatic heterocycles. The number of ether oxygens (including phenoxy) is 2. The van der Waals surface area contributed by atoms with E-state index in [1.165, 1.54) is 38.5 Å². The highest BCUT2D eigenvalue weighted by Crippen LogP contribution is 2.06. The van der Waals surface area contributed by atoms with Crippen molar-refractivity contribution in [3.63, 3.8) is 0 Å². The van der Waals surface area contributed by atoms with Gasteiger partial charge in [-0.3, -0.25) is 0 Å². The van der Waals surface area contributed by atoms with Crippen LogP contribution in [0.1, 0.15) is 51.9 Å². The van der Waals surface area contributed by atoms with Crippen LogP contribution in [0.3, 0.4) is 0 Å². The molecule has 0 fully saturated rings. The number of allylic oxidation sites excluding steroid dienone is 1. The van der Waals surface area contributed by atoms with E-state index in [1.54, 1.807) is 14.2 Å². The van der Waals surface area contributed by atoms with Gasteiger partial charge in [0.05, 0.1) is 0 Å². The molecule has 0 saturated carbocycles. The second-order valence-electron chi connectivity index (χ2n) is 3.81. The molecule has 0 aromatic rings. The normalized spacial score (nSPS) is 11.7. The van der Waals surface area contributed by atoms with Gasteiger partial charge in [-0.05, 0) is 12.8 Å². The third-order valence-electron chi connectivity index (χ3n) is 2.50. The van der Waals surface area contributed by atoms with Gasteiger partial charge in [-0.15, -0.1) is 0 Å². The predicted molar refractivity (Wildman–Crippen MR) is 64.9 cm³/mol. The Hall–Kier alpha value is -0.340. The van der Waals surface area contributed by atoms with Crippen LogP contribution in [0.2, 0.25) is 0 Å². The molecule has 2 heteroatoms. The molecular weight excluding hydrogens is 188 g/mol. The second-order valence-corrected chi connectivity index (χ2v) is 3.81. The van der Waals surface area contributed by atoms with Gasteiger partial charge in [0.2, 0.25) is 0 Å². The van der Waals surface area contributed by atoms with Gasteiger partial charge in [0.25, 0.3) is 0 Å². The Morgan fingerprint density at radius 2 is 1.60 bits per heavy atom. The van der Waals surface area contributed by atoms with Crippen LogP contribution in [0.25, 0.3) is 0 Å². The Morgan fingerprint density at radius 1 is 0.933 bits per heavy atom. The van der Waals surface area contributed by atoms with E-state index in [9.17, 15) is 0 Å². The summed E-state index contributed by atoms with van der Waals surface area (Å²) in [5.41, 5.74) is 0. The predicted octanol–water partition coefficient (Wildman–Crippen LogP) is 3.91. The summed E-state index contributed by atoms with van der Waals surface area (Å²) >= 11 is 0. The van der Waals surface area contributed by atoms with Gasteiger partial charge in [-0.2, -0.15) is 0 Å². The molecule has 0 aromatic carbocycles. The molecule has 0 aliphatic rings. The first-order chi connectivity index (χ1) is 7.35. The average Bonchev–Trinajstić information content (AvgIpc) is 2.27. The topological polar surface area (TPSA) is 18.5 Å². The Labute approximate surface area is 94.7 Å². The van der Waals surface area contributed by atoms with Crippen molar-refractivity contribution < 1.29 is 9.47 Å². The van der Waals surface area contributed by atoms with Crippen molar-refractivity contribution in [3.05, 3.63) is 12.2 Å². The monoisotopic (exact) mass is 214 g/mol. The number of hydrogen-bond donors (Lipinski definition) is 0. The van der Waals surface area contributed by atoms with Crippen LogP contribution in [0.4, 0.5) is 0 Å². The van der Waals surface area contributed by atoms with E-state index in [4.69, 9.17) is 9.47 Å². The van der Waals surface area contributed by atoms with E-state index in [0.29, 0.717) is 0 Å². The molecule has 15 heavy (non-hydrogen) atoms. The maximum Gasteiger partial charge on any atom is 0.160 e. The zero-order valence-corrected chi connectivity index (χ0v) is 10.5. The Bertz CT molecular complexity index is 139. The lowest BCUT2D eigenvalue weighted by molar-refractivity contribution is -0.0986. The third kappa shape index (κ3) is 9.95. The van der Waals surface area contributed by atoms with E-state index >= 15 is 0 Å². The summed E-state index contributed by atoms with van der Waals surface area (Å²) in [6.07, 6.45) is 13.1. The van der Waals surface area contributed by atoms with E-state index < -0.39 is 0 Å². The SMILES string of the molecule is CCCCCCC/C=C/CC(OC)OC. The average molecular weight is 214 g/mol. The summed E-state index contributed by atoms with van der Waals surface area (Å²) in [4.78, 5) is 0. The van der Waals surface area contributed by atoms with Crippen molar-refractivity contribution in [3.8, 4) is 0 Å². The zero-order valence-electron chi connectivity index (χ0n) is 10.5. The van der Waals surface area contributed by atoms with Gasteiger partial charge in [-0.25, -0.2) is 0 Å². The first-order valence-corrected chi connectivity index (χ1v) is 6.05. The lowest BCUT2D eigenvalue weighted by Crippen LogP contribution is -2.10. The molecule has 0 radical (unpaired) electrons. The van der Waals surface area contributed by atoms with Crippen molar-refractivity contribution >= 4 is 0 Å². The molecule has 0 aliphatic heterocycles. The molecule has 0 aliphatic carbocycles. The van der Waals surface area contributed by atoms with Crippen LogP contribution >= 0.6 is 0 Å². The second kappa shape index (κ2) is 11.7. The fourth-order valence-electron chi connectivity index (χ4n) is 1.48. The van der Waals surface area contributed by atoms with Crippen LogP contribution in [0, 0.1) is 0 Å². The molecule has 0 rings (SSSR count). The fourth-order valence-corrected chi connectivity index (χ4v) is 1.48. The molecule has 0 unspecified atom stereocenters. The number of hydrogen-bond acceptors (Lipinski definition) is 2. The largest absolute Gasteiger partial charge is 0.356 e. The lowest BCUT2D eigenvalue weighted by Gasteiger charge is -2.09. The minimum atomic E-state index is -0.0821. The number of unbranched alkanes of at least 4 members (excludes halogenated alkanes) is 5. The van der Waals surface area contributed by atoms with Gasteiger partial charge < -0.3 is 9.47 Å². The first kappa shape index (κ1) is 14.7. The summed E-state index contributed by atoms with van der Waals surface area (Å²) < 4.78 is 10.2.